The van der Waals surface area contributed by atoms with E-state index in [1.807, 2.05) is 6.92 Å². The highest BCUT2D eigenvalue weighted by atomic mass is 15.6. The van der Waals surface area contributed by atoms with E-state index in [-0.39, 0.29) is 0 Å². The van der Waals surface area contributed by atoms with E-state index in [1.54, 1.807) is 4.52 Å². The molecule has 1 aliphatic rings. The average molecular weight is 232 g/mol. The first-order valence-corrected chi connectivity index (χ1v) is 6.05. The lowest BCUT2D eigenvalue weighted by Gasteiger charge is -2.31. The maximum absolute atomic E-state index is 4.31. The number of hydrogen-bond donors (Lipinski definition) is 0. The third-order valence-corrected chi connectivity index (χ3v) is 3.39. The highest BCUT2D eigenvalue weighted by molar-refractivity contribution is 5.46. The van der Waals surface area contributed by atoms with E-state index >= 15 is 0 Å². The zero-order chi connectivity index (χ0) is 11.8. The van der Waals surface area contributed by atoms with Crippen LogP contribution >= 0.6 is 0 Å². The molecule has 0 unspecified atom stereocenters. The number of fused-ring (bicyclic) bond motifs is 1. The third-order valence-electron chi connectivity index (χ3n) is 3.39. The number of aromatic nitrogens is 5. The van der Waals surface area contributed by atoms with Gasteiger partial charge in [0.05, 0.1) is 0 Å². The van der Waals surface area contributed by atoms with Crippen molar-refractivity contribution in [1.29, 1.82) is 0 Å². The Labute approximate surface area is 99.6 Å². The van der Waals surface area contributed by atoms with Crippen LogP contribution < -0.4 is 4.90 Å². The minimum Gasteiger partial charge on any atom is -0.356 e. The number of rotatable bonds is 1. The largest absolute Gasteiger partial charge is 0.356 e. The number of nitrogens with zero attached hydrogens (tertiary/aromatic N) is 6. The van der Waals surface area contributed by atoms with Gasteiger partial charge in [0.1, 0.15) is 5.82 Å². The lowest BCUT2D eigenvalue weighted by molar-refractivity contribution is 0.434. The second kappa shape index (κ2) is 3.94. The molecule has 0 amide bonds. The van der Waals surface area contributed by atoms with Crippen LogP contribution in [-0.2, 0) is 0 Å². The molecule has 3 rings (SSSR count). The zero-order valence-electron chi connectivity index (χ0n) is 10.2. The molecule has 0 spiro atoms. The molecule has 0 atom stereocenters. The van der Waals surface area contributed by atoms with Crippen LogP contribution in [0.2, 0.25) is 0 Å². The highest BCUT2D eigenvalue weighted by Gasteiger charge is 2.19. The summed E-state index contributed by atoms with van der Waals surface area (Å²) >= 11 is 0. The van der Waals surface area contributed by atoms with Crippen molar-refractivity contribution in [3.63, 3.8) is 0 Å². The number of anilines is 1. The minimum absolute atomic E-state index is 0.582. The van der Waals surface area contributed by atoms with Crippen LogP contribution in [-0.4, -0.2) is 38.1 Å². The standard InChI is InChI=1S/C11H16N6/c1-8-3-5-16(6-4-8)10-7-9(2)12-11-13-14-15-17(10)11/h7-8H,3-6H2,1-2H3. The van der Waals surface area contributed by atoms with Crippen molar-refractivity contribution >= 4 is 11.6 Å². The van der Waals surface area contributed by atoms with E-state index < -0.39 is 0 Å². The number of piperidine rings is 1. The Hall–Kier alpha value is -1.72. The summed E-state index contributed by atoms with van der Waals surface area (Å²) in [5.41, 5.74) is 0.959. The van der Waals surface area contributed by atoms with Crippen LogP contribution in [0.4, 0.5) is 5.82 Å². The summed E-state index contributed by atoms with van der Waals surface area (Å²) in [5, 5.41) is 11.6. The van der Waals surface area contributed by atoms with Crippen molar-refractivity contribution in [3.05, 3.63) is 11.8 Å². The molecule has 0 aliphatic carbocycles. The van der Waals surface area contributed by atoms with Crippen LogP contribution in [0.3, 0.4) is 0 Å². The summed E-state index contributed by atoms with van der Waals surface area (Å²) in [7, 11) is 0. The molecule has 90 valence electrons. The summed E-state index contributed by atoms with van der Waals surface area (Å²) in [6.45, 7) is 6.42. The Morgan fingerprint density at radius 1 is 1.29 bits per heavy atom. The first kappa shape index (κ1) is 10.4. The molecule has 0 radical (unpaired) electrons. The summed E-state index contributed by atoms with van der Waals surface area (Å²) in [4.78, 5) is 6.65. The molecule has 6 nitrogen and oxygen atoms in total. The summed E-state index contributed by atoms with van der Waals surface area (Å²) < 4.78 is 1.73. The van der Waals surface area contributed by atoms with E-state index in [1.165, 1.54) is 12.8 Å². The first-order chi connectivity index (χ1) is 8.24. The maximum Gasteiger partial charge on any atom is 0.275 e. The summed E-state index contributed by atoms with van der Waals surface area (Å²) in [5.74, 6) is 2.46. The van der Waals surface area contributed by atoms with Gasteiger partial charge in [-0.25, -0.2) is 4.98 Å². The van der Waals surface area contributed by atoms with Crippen molar-refractivity contribution in [2.75, 3.05) is 18.0 Å². The minimum atomic E-state index is 0.582. The zero-order valence-corrected chi connectivity index (χ0v) is 10.2. The average Bonchev–Trinajstić information content (AvgIpc) is 2.77. The molecule has 1 saturated heterocycles. The smallest absolute Gasteiger partial charge is 0.275 e. The lowest BCUT2D eigenvalue weighted by atomic mass is 9.99. The lowest BCUT2D eigenvalue weighted by Crippen LogP contribution is -2.34. The fraction of sp³-hybridized carbons (Fsp3) is 0.636. The molecule has 3 heterocycles. The van der Waals surface area contributed by atoms with Crippen molar-refractivity contribution < 1.29 is 0 Å². The molecule has 6 heteroatoms. The predicted octanol–water partition coefficient (Wildman–Crippen LogP) is 1.06. The van der Waals surface area contributed by atoms with E-state index in [2.05, 4.69) is 38.4 Å². The molecule has 2 aromatic heterocycles. The SMILES string of the molecule is Cc1cc(N2CCC(C)CC2)n2nnnc2n1. The molecule has 17 heavy (non-hydrogen) atoms. The van der Waals surface area contributed by atoms with Crippen LogP contribution in [0.15, 0.2) is 6.07 Å². The fourth-order valence-electron chi connectivity index (χ4n) is 2.30. The molecule has 0 saturated carbocycles. The molecule has 1 aliphatic heterocycles. The number of hydrogen-bond acceptors (Lipinski definition) is 5. The molecule has 0 N–H and O–H groups in total. The second-order valence-corrected chi connectivity index (χ2v) is 4.82. The Bertz CT molecular complexity index is 526. The van der Waals surface area contributed by atoms with Gasteiger partial charge >= 0.3 is 0 Å². The number of tetrazole rings is 1. The van der Waals surface area contributed by atoms with E-state index in [0.717, 1.165) is 30.5 Å². The number of aryl methyl sites for hydroxylation is 1. The third kappa shape index (κ3) is 1.83. The summed E-state index contributed by atoms with van der Waals surface area (Å²) in [6.07, 6.45) is 2.45. The van der Waals surface area contributed by atoms with E-state index in [4.69, 9.17) is 0 Å². The van der Waals surface area contributed by atoms with Gasteiger partial charge in [0.25, 0.3) is 5.78 Å². The maximum atomic E-state index is 4.31. The van der Waals surface area contributed by atoms with Crippen molar-refractivity contribution in [2.24, 2.45) is 5.92 Å². The Morgan fingerprint density at radius 2 is 2.06 bits per heavy atom. The molecule has 1 fully saturated rings. The van der Waals surface area contributed by atoms with Crippen molar-refractivity contribution in [3.8, 4) is 0 Å². The quantitative estimate of drug-likeness (QED) is 0.736. The molecule has 0 aromatic carbocycles. The van der Waals surface area contributed by atoms with E-state index in [9.17, 15) is 0 Å². The van der Waals surface area contributed by atoms with Crippen molar-refractivity contribution in [1.82, 2.24) is 25.0 Å². The fourth-order valence-corrected chi connectivity index (χ4v) is 2.30. The highest BCUT2D eigenvalue weighted by Crippen LogP contribution is 2.22. The monoisotopic (exact) mass is 232 g/mol. The molecule has 0 bridgehead atoms. The first-order valence-electron chi connectivity index (χ1n) is 6.05. The van der Waals surface area contributed by atoms with Crippen LogP contribution in [0.1, 0.15) is 25.5 Å². The Kier molecular flexibility index (Phi) is 2.42. The topological polar surface area (TPSA) is 59.2 Å². The van der Waals surface area contributed by atoms with E-state index in [0.29, 0.717) is 5.78 Å². The van der Waals surface area contributed by atoms with Gasteiger partial charge in [-0.2, -0.15) is 4.52 Å². The van der Waals surface area contributed by atoms with Gasteiger partial charge in [0, 0.05) is 24.8 Å². The predicted molar refractivity (Wildman–Crippen MR) is 63.9 cm³/mol. The van der Waals surface area contributed by atoms with Gasteiger partial charge in [-0.3, -0.25) is 0 Å². The van der Waals surface area contributed by atoms with Gasteiger partial charge in [0.2, 0.25) is 0 Å². The van der Waals surface area contributed by atoms with Crippen molar-refractivity contribution in [2.45, 2.75) is 26.7 Å². The second-order valence-electron chi connectivity index (χ2n) is 4.82. The van der Waals surface area contributed by atoms with Gasteiger partial charge < -0.3 is 4.90 Å². The molecule has 2 aromatic rings. The van der Waals surface area contributed by atoms with Gasteiger partial charge in [-0.05, 0) is 36.1 Å². The normalized spacial score (nSPS) is 17.9. The van der Waals surface area contributed by atoms with Gasteiger partial charge in [-0.15, -0.1) is 0 Å². The Balaban J connectivity index is 2.01. The van der Waals surface area contributed by atoms with Gasteiger partial charge in [0.15, 0.2) is 0 Å². The van der Waals surface area contributed by atoms with Gasteiger partial charge in [-0.1, -0.05) is 12.0 Å². The van der Waals surface area contributed by atoms with Crippen LogP contribution in [0, 0.1) is 12.8 Å². The summed E-state index contributed by atoms with van der Waals surface area (Å²) in [6, 6.07) is 2.05. The molecular formula is C11H16N6. The van der Waals surface area contributed by atoms with Crippen LogP contribution in [0.5, 0.6) is 0 Å². The Morgan fingerprint density at radius 3 is 2.82 bits per heavy atom. The molecular weight excluding hydrogens is 216 g/mol. The van der Waals surface area contributed by atoms with Crippen LogP contribution in [0.25, 0.3) is 5.78 Å².